The number of sulfonamides is 1. The second kappa shape index (κ2) is 6.51. The summed E-state index contributed by atoms with van der Waals surface area (Å²) in [7, 11) is -2.03. The predicted molar refractivity (Wildman–Crippen MR) is 74.8 cm³/mol. The molecule has 1 aromatic rings. The molecule has 0 saturated heterocycles. The van der Waals surface area contributed by atoms with Crippen LogP contribution in [-0.4, -0.2) is 28.2 Å². The average molecular weight is 337 g/mol. The summed E-state index contributed by atoms with van der Waals surface area (Å²) in [5.74, 6) is 0. The standard InChI is InChI=1S/C11H17BrN2O3S/c1-3-8(7-17-2)14-18(15,16)9-4-5-10(12)11(13)6-9/h4-6,8,14H,3,7,13H2,1-2H3. The molecular weight excluding hydrogens is 320 g/mol. The highest BCUT2D eigenvalue weighted by atomic mass is 79.9. The van der Waals surface area contributed by atoms with E-state index in [0.29, 0.717) is 23.2 Å². The molecule has 0 aromatic heterocycles. The lowest BCUT2D eigenvalue weighted by atomic mass is 10.3. The van der Waals surface area contributed by atoms with E-state index in [2.05, 4.69) is 20.7 Å². The van der Waals surface area contributed by atoms with Gasteiger partial charge in [0.15, 0.2) is 0 Å². The first-order chi connectivity index (χ1) is 8.40. The van der Waals surface area contributed by atoms with Gasteiger partial charge < -0.3 is 10.5 Å². The van der Waals surface area contributed by atoms with Crippen LogP contribution in [0.25, 0.3) is 0 Å². The summed E-state index contributed by atoms with van der Waals surface area (Å²) < 4.78 is 32.4. The number of ether oxygens (including phenoxy) is 1. The van der Waals surface area contributed by atoms with Gasteiger partial charge in [0.1, 0.15) is 0 Å². The topological polar surface area (TPSA) is 81.4 Å². The number of nitrogens with two attached hydrogens (primary N) is 1. The lowest BCUT2D eigenvalue weighted by Crippen LogP contribution is -2.37. The molecule has 102 valence electrons. The molecule has 1 rings (SSSR count). The molecular formula is C11H17BrN2O3S. The van der Waals surface area contributed by atoms with Crippen LogP contribution in [0.15, 0.2) is 27.6 Å². The predicted octanol–water partition coefficient (Wildman–Crippen LogP) is 1.73. The van der Waals surface area contributed by atoms with Crippen molar-refractivity contribution in [2.45, 2.75) is 24.3 Å². The number of nitrogen functional groups attached to an aromatic ring is 1. The molecule has 0 aliphatic rings. The van der Waals surface area contributed by atoms with Crippen molar-refractivity contribution in [2.24, 2.45) is 0 Å². The molecule has 0 amide bonds. The Hall–Kier alpha value is -0.630. The van der Waals surface area contributed by atoms with Gasteiger partial charge >= 0.3 is 0 Å². The summed E-state index contributed by atoms with van der Waals surface area (Å²) in [6.45, 7) is 2.23. The van der Waals surface area contributed by atoms with Gasteiger partial charge in [0.25, 0.3) is 0 Å². The highest BCUT2D eigenvalue weighted by Gasteiger charge is 2.19. The Morgan fingerprint density at radius 3 is 2.67 bits per heavy atom. The quantitative estimate of drug-likeness (QED) is 0.775. The molecule has 0 bridgehead atoms. The van der Waals surface area contributed by atoms with E-state index in [1.165, 1.54) is 19.2 Å². The number of nitrogens with one attached hydrogen (secondary N) is 1. The van der Waals surface area contributed by atoms with Crippen LogP contribution < -0.4 is 10.5 Å². The largest absolute Gasteiger partial charge is 0.398 e. The van der Waals surface area contributed by atoms with Crippen LogP contribution in [0.4, 0.5) is 5.69 Å². The lowest BCUT2D eigenvalue weighted by Gasteiger charge is -2.16. The third-order valence-corrected chi connectivity index (χ3v) is 4.70. The number of rotatable bonds is 6. The van der Waals surface area contributed by atoms with Crippen molar-refractivity contribution in [3.8, 4) is 0 Å². The first-order valence-corrected chi connectivity index (χ1v) is 7.74. The molecule has 0 heterocycles. The van der Waals surface area contributed by atoms with Gasteiger partial charge in [-0.05, 0) is 40.5 Å². The molecule has 3 N–H and O–H groups in total. The van der Waals surface area contributed by atoms with Gasteiger partial charge in [0.2, 0.25) is 10.0 Å². The molecule has 1 aromatic carbocycles. The number of anilines is 1. The Kier molecular flexibility index (Phi) is 5.58. The fourth-order valence-electron chi connectivity index (χ4n) is 1.41. The molecule has 0 fully saturated rings. The van der Waals surface area contributed by atoms with Crippen molar-refractivity contribution in [2.75, 3.05) is 19.5 Å². The first kappa shape index (κ1) is 15.4. The molecule has 1 atom stereocenters. The molecule has 1 unspecified atom stereocenters. The summed E-state index contributed by atoms with van der Waals surface area (Å²) in [5.41, 5.74) is 6.06. The van der Waals surface area contributed by atoms with Gasteiger partial charge in [-0.2, -0.15) is 0 Å². The van der Waals surface area contributed by atoms with E-state index < -0.39 is 10.0 Å². The number of hydrogen-bond donors (Lipinski definition) is 2. The van der Waals surface area contributed by atoms with Crippen molar-refractivity contribution in [1.29, 1.82) is 0 Å². The minimum atomic E-state index is -3.56. The van der Waals surface area contributed by atoms with Crippen LogP contribution in [0, 0.1) is 0 Å². The monoisotopic (exact) mass is 336 g/mol. The number of methoxy groups -OCH3 is 1. The summed E-state index contributed by atoms with van der Waals surface area (Å²) in [4.78, 5) is 0.151. The van der Waals surface area contributed by atoms with E-state index in [4.69, 9.17) is 10.5 Å². The van der Waals surface area contributed by atoms with E-state index in [9.17, 15) is 8.42 Å². The zero-order valence-electron chi connectivity index (χ0n) is 10.3. The van der Waals surface area contributed by atoms with Gasteiger partial charge in [0, 0.05) is 23.3 Å². The van der Waals surface area contributed by atoms with Crippen molar-refractivity contribution >= 4 is 31.6 Å². The van der Waals surface area contributed by atoms with E-state index in [1.54, 1.807) is 6.07 Å². The highest BCUT2D eigenvalue weighted by molar-refractivity contribution is 9.10. The van der Waals surface area contributed by atoms with Gasteiger partial charge in [-0.3, -0.25) is 0 Å². The van der Waals surface area contributed by atoms with Crippen LogP contribution in [0.2, 0.25) is 0 Å². The molecule has 7 heteroatoms. The normalized spacial score (nSPS) is 13.5. The Bertz CT molecular complexity index is 505. The minimum Gasteiger partial charge on any atom is -0.398 e. The zero-order chi connectivity index (χ0) is 13.8. The Morgan fingerprint density at radius 2 is 2.17 bits per heavy atom. The number of benzene rings is 1. The van der Waals surface area contributed by atoms with E-state index in [-0.39, 0.29) is 10.9 Å². The zero-order valence-corrected chi connectivity index (χ0v) is 12.7. The van der Waals surface area contributed by atoms with Crippen LogP contribution in [0.3, 0.4) is 0 Å². The Morgan fingerprint density at radius 1 is 1.50 bits per heavy atom. The second-order valence-electron chi connectivity index (χ2n) is 3.87. The van der Waals surface area contributed by atoms with Crippen molar-refractivity contribution in [3.05, 3.63) is 22.7 Å². The first-order valence-electron chi connectivity index (χ1n) is 5.47. The summed E-state index contributed by atoms with van der Waals surface area (Å²) in [6, 6.07) is 4.29. The van der Waals surface area contributed by atoms with E-state index in [0.717, 1.165) is 0 Å². The average Bonchev–Trinajstić information content (AvgIpc) is 2.31. The van der Waals surface area contributed by atoms with Gasteiger partial charge in [-0.15, -0.1) is 0 Å². The van der Waals surface area contributed by atoms with Gasteiger partial charge in [0.05, 0.1) is 11.5 Å². The maximum Gasteiger partial charge on any atom is 0.240 e. The molecule has 18 heavy (non-hydrogen) atoms. The Balaban J connectivity index is 2.95. The lowest BCUT2D eigenvalue weighted by molar-refractivity contribution is 0.173. The number of halogens is 1. The maximum atomic E-state index is 12.1. The second-order valence-corrected chi connectivity index (χ2v) is 6.43. The maximum absolute atomic E-state index is 12.1. The van der Waals surface area contributed by atoms with Gasteiger partial charge in [-0.25, -0.2) is 13.1 Å². The third kappa shape index (κ3) is 3.94. The fraction of sp³-hybridized carbons (Fsp3) is 0.455. The van der Waals surface area contributed by atoms with Crippen LogP contribution in [-0.2, 0) is 14.8 Å². The van der Waals surface area contributed by atoms with E-state index in [1.807, 2.05) is 6.92 Å². The fourth-order valence-corrected chi connectivity index (χ4v) is 3.00. The third-order valence-electron chi connectivity index (χ3n) is 2.46. The van der Waals surface area contributed by atoms with Crippen molar-refractivity contribution in [3.63, 3.8) is 0 Å². The van der Waals surface area contributed by atoms with Crippen molar-refractivity contribution < 1.29 is 13.2 Å². The van der Waals surface area contributed by atoms with Crippen LogP contribution in [0.1, 0.15) is 13.3 Å². The summed E-state index contributed by atoms with van der Waals surface area (Å²) >= 11 is 3.23. The molecule has 0 aliphatic carbocycles. The van der Waals surface area contributed by atoms with Crippen LogP contribution in [0.5, 0.6) is 0 Å². The smallest absolute Gasteiger partial charge is 0.240 e. The Labute approximate surface area is 116 Å². The SMILES string of the molecule is CCC(COC)NS(=O)(=O)c1ccc(Br)c(N)c1. The van der Waals surface area contributed by atoms with E-state index >= 15 is 0 Å². The molecule has 0 aliphatic heterocycles. The van der Waals surface area contributed by atoms with Crippen LogP contribution >= 0.6 is 15.9 Å². The summed E-state index contributed by atoms with van der Waals surface area (Å²) in [6.07, 6.45) is 0.652. The molecule has 5 nitrogen and oxygen atoms in total. The highest BCUT2D eigenvalue weighted by Crippen LogP contribution is 2.22. The van der Waals surface area contributed by atoms with Crippen molar-refractivity contribution in [1.82, 2.24) is 4.72 Å². The summed E-state index contributed by atoms with van der Waals surface area (Å²) in [5, 5.41) is 0. The molecule has 0 radical (unpaired) electrons. The minimum absolute atomic E-state index is 0.151. The van der Waals surface area contributed by atoms with Gasteiger partial charge in [-0.1, -0.05) is 6.92 Å². The number of hydrogen-bond acceptors (Lipinski definition) is 4. The molecule has 0 spiro atoms. The molecule has 0 saturated carbocycles.